The molecule has 0 fully saturated rings. The van der Waals surface area contributed by atoms with Crippen LogP contribution in [0.25, 0.3) is 0 Å². The summed E-state index contributed by atoms with van der Waals surface area (Å²) < 4.78 is 0. The van der Waals surface area contributed by atoms with Gasteiger partial charge in [0.1, 0.15) is 0 Å². The van der Waals surface area contributed by atoms with Crippen LogP contribution < -0.4 is 0 Å². The maximum absolute atomic E-state index is 11.8. The van der Waals surface area contributed by atoms with E-state index in [0.717, 1.165) is 18.4 Å². The van der Waals surface area contributed by atoms with E-state index >= 15 is 0 Å². The summed E-state index contributed by atoms with van der Waals surface area (Å²) in [6.45, 7) is 6.29. The molecule has 1 aromatic rings. The molecule has 1 aromatic heterocycles. The minimum absolute atomic E-state index is 0.327. The standard InChI is InChI=1S/C13H20OS/c1-4-5-6-7-8-13(14)12-9-10(2)15-11(12)3/h9H,4-8H2,1-3H3. The van der Waals surface area contributed by atoms with Gasteiger partial charge >= 0.3 is 0 Å². The Kier molecular flexibility index (Phi) is 5.03. The molecule has 2 heteroatoms. The second kappa shape index (κ2) is 6.06. The summed E-state index contributed by atoms with van der Waals surface area (Å²) in [6.07, 6.45) is 5.42. The number of aryl methyl sites for hydroxylation is 2. The van der Waals surface area contributed by atoms with Crippen molar-refractivity contribution in [2.45, 2.75) is 52.9 Å². The Morgan fingerprint density at radius 1 is 1.27 bits per heavy atom. The number of carbonyl (C=O) groups is 1. The average molecular weight is 224 g/mol. The van der Waals surface area contributed by atoms with Crippen molar-refractivity contribution in [1.82, 2.24) is 0 Å². The molecular formula is C13H20OS. The van der Waals surface area contributed by atoms with E-state index in [2.05, 4.69) is 13.8 Å². The maximum atomic E-state index is 11.8. The molecule has 0 aromatic carbocycles. The molecule has 0 spiro atoms. The van der Waals surface area contributed by atoms with Crippen molar-refractivity contribution in [2.75, 3.05) is 0 Å². The highest BCUT2D eigenvalue weighted by Gasteiger charge is 2.10. The number of carbonyl (C=O) groups excluding carboxylic acids is 1. The summed E-state index contributed by atoms with van der Waals surface area (Å²) in [5.41, 5.74) is 0.953. The van der Waals surface area contributed by atoms with Crippen molar-refractivity contribution in [1.29, 1.82) is 0 Å². The lowest BCUT2D eigenvalue weighted by Crippen LogP contribution is -1.98. The predicted molar refractivity (Wildman–Crippen MR) is 66.9 cm³/mol. The van der Waals surface area contributed by atoms with Crippen LogP contribution in [0.15, 0.2) is 6.07 Å². The van der Waals surface area contributed by atoms with Gasteiger partial charge < -0.3 is 0 Å². The van der Waals surface area contributed by atoms with E-state index in [1.54, 1.807) is 11.3 Å². The number of ketones is 1. The van der Waals surface area contributed by atoms with Crippen molar-refractivity contribution in [3.63, 3.8) is 0 Å². The van der Waals surface area contributed by atoms with Crippen LogP contribution in [0.4, 0.5) is 0 Å². The van der Waals surface area contributed by atoms with Gasteiger partial charge in [-0.15, -0.1) is 11.3 Å². The molecule has 84 valence electrons. The maximum Gasteiger partial charge on any atom is 0.163 e. The van der Waals surface area contributed by atoms with Gasteiger partial charge in [-0.3, -0.25) is 4.79 Å². The van der Waals surface area contributed by atoms with E-state index in [1.165, 1.54) is 29.0 Å². The number of hydrogen-bond donors (Lipinski definition) is 0. The first kappa shape index (κ1) is 12.4. The molecule has 0 aliphatic rings. The lowest BCUT2D eigenvalue weighted by Gasteiger charge is -1.99. The third kappa shape index (κ3) is 3.78. The second-order valence-corrected chi connectivity index (χ2v) is 5.52. The van der Waals surface area contributed by atoms with Gasteiger partial charge in [-0.05, 0) is 26.3 Å². The van der Waals surface area contributed by atoms with E-state index in [1.807, 2.05) is 13.0 Å². The summed E-state index contributed by atoms with van der Waals surface area (Å²) in [4.78, 5) is 14.3. The smallest absolute Gasteiger partial charge is 0.163 e. The Hall–Kier alpha value is -0.630. The second-order valence-electron chi connectivity index (χ2n) is 4.06. The zero-order valence-corrected chi connectivity index (χ0v) is 10.7. The monoisotopic (exact) mass is 224 g/mol. The molecular weight excluding hydrogens is 204 g/mol. The van der Waals surface area contributed by atoms with Crippen LogP contribution in [0.1, 0.15) is 59.1 Å². The van der Waals surface area contributed by atoms with Gasteiger partial charge in [-0.1, -0.05) is 26.2 Å². The Bertz CT molecular complexity index is 325. The summed E-state index contributed by atoms with van der Waals surface area (Å²) in [5, 5.41) is 0. The number of thiophene rings is 1. The topological polar surface area (TPSA) is 17.1 Å². The highest BCUT2D eigenvalue weighted by Crippen LogP contribution is 2.22. The van der Waals surface area contributed by atoms with E-state index in [0.29, 0.717) is 5.78 Å². The summed E-state index contributed by atoms with van der Waals surface area (Å²) in [7, 11) is 0. The zero-order chi connectivity index (χ0) is 11.3. The minimum atomic E-state index is 0.327. The molecule has 0 radical (unpaired) electrons. The Labute approximate surface area is 96.5 Å². The van der Waals surface area contributed by atoms with Crippen LogP contribution in [0.3, 0.4) is 0 Å². The molecule has 0 unspecified atom stereocenters. The number of unbranched alkanes of at least 4 members (excludes halogenated alkanes) is 3. The molecule has 0 saturated heterocycles. The highest BCUT2D eigenvalue weighted by atomic mass is 32.1. The molecule has 15 heavy (non-hydrogen) atoms. The molecule has 1 heterocycles. The molecule has 0 atom stereocenters. The van der Waals surface area contributed by atoms with Gasteiger partial charge in [0, 0.05) is 21.7 Å². The Balaban J connectivity index is 2.43. The summed E-state index contributed by atoms with van der Waals surface area (Å²) in [6, 6.07) is 2.03. The Morgan fingerprint density at radius 2 is 2.00 bits per heavy atom. The molecule has 0 N–H and O–H groups in total. The van der Waals surface area contributed by atoms with E-state index < -0.39 is 0 Å². The van der Waals surface area contributed by atoms with Gasteiger partial charge in [-0.25, -0.2) is 0 Å². The van der Waals surface area contributed by atoms with Crippen molar-refractivity contribution in [2.24, 2.45) is 0 Å². The number of rotatable bonds is 6. The highest BCUT2D eigenvalue weighted by molar-refractivity contribution is 7.12. The molecule has 0 aliphatic heterocycles. The molecule has 1 nitrogen and oxygen atoms in total. The van der Waals surface area contributed by atoms with Gasteiger partial charge in [-0.2, -0.15) is 0 Å². The third-order valence-electron chi connectivity index (χ3n) is 2.60. The summed E-state index contributed by atoms with van der Waals surface area (Å²) in [5.74, 6) is 0.327. The number of hydrogen-bond acceptors (Lipinski definition) is 2. The van der Waals surface area contributed by atoms with Gasteiger partial charge in [0.05, 0.1) is 0 Å². The zero-order valence-electron chi connectivity index (χ0n) is 9.93. The lowest BCUT2D eigenvalue weighted by atomic mass is 10.0. The van der Waals surface area contributed by atoms with Crippen molar-refractivity contribution in [3.05, 3.63) is 21.4 Å². The first-order valence-electron chi connectivity index (χ1n) is 5.75. The van der Waals surface area contributed by atoms with E-state index in [4.69, 9.17) is 0 Å². The lowest BCUT2D eigenvalue weighted by molar-refractivity contribution is 0.0979. The van der Waals surface area contributed by atoms with Crippen LogP contribution in [-0.4, -0.2) is 5.78 Å². The third-order valence-corrected chi connectivity index (χ3v) is 3.56. The fraction of sp³-hybridized carbons (Fsp3) is 0.615. The average Bonchev–Trinajstić information content (AvgIpc) is 2.52. The van der Waals surface area contributed by atoms with E-state index in [-0.39, 0.29) is 0 Å². The summed E-state index contributed by atoms with van der Waals surface area (Å²) >= 11 is 1.72. The number of Topliss-reactive ketones (excluding diaryl/α,β-unsaturated/α-hetero) is 1. The SMILES string of the molecule is CCCCCCC(=O)c1cc(C)sc1C. The Morgan fingerprint density at radius 3 is 2.53 bits per heavy atom. The van der Waals surface area contributed by atoms with E-state index in [9.17, 15) is 4.79 Å². The molecule has 0 aliphatic carbocycles. The minimum Gasteiger partial charge on any atom is -0.294 e. The first-order valence-corrected chi connectivity index (χ1v) is 6.57. The van der Waals surface area contributed by atoms with Crippen molar-refractivity contribution < 1.29 is 4.79 Å². The van der Waals surface area contributed by atoms with Gasteiger partial charge in [0.2, 0.25) is 0 Å². The van der Waals surface area contributed by atoms with Crippen LogP contribution in [0.2, 0.25) is 0 Å². The quantitative estimate of drug-likeness (QED) is 0.513. The van der Waals surface area contributed by atoms with Crippen LogP contribution in [0, 0.1) is 13.8 Å². The fourth-order valence-electron chi connectivity index (χ4n) is 1.75. The molecule has 0 amide bonds. The van der Waals surface area contributed by atoms with Crippen molar-refractivity contribution >= 4 is 17.1 Å². The van der Waals surface area contributed by atoms with Crippen LogP contribution >= 0.6 is 11.3 Å². The van der Waals surface area contributed by atoms with Gasteiger partial charge in [0.25, 0.3) is 0 Å². The normalized spacial score (nSPS) is 10.6. The van der Waals surface area contributed by atoms with Crippen LogP contribution in [-0.2, 0) is 0 Å². The first-order chi connectivity index (χ1) is 7.15. The van der Waals surface area contributed by atoms with Crippen LogP contribution in [0.5, 0.6) is 0 Å². The molecule has 0 saturated carbocycles. The van der Waals surface area contributed by atoms with Crippen molar-refractivity contribution in [3.8, 4) is 0 Å². The fourth-order valence-corrected chi connectivity index (χ4v) is 2.70. The van der Waals surface area contributed by atoms with Gasteiger partial charge in [0.15, 0.2) is 5.78 Å². The molecule has 1 rings (SSSR count). The molecule has 0 bridgehead atoms. The largest absolute Gasteiger partial charge is 0.294 e. The predicted octanol–water partition coefficient (Wildman–Crippen LogP) is 4.52.